The molecule has 1 N–H and O–H groups in total. The molecule has 0 saturated carbocycles. The van der Waals surface area contributed by atoms with Crippen LogP contribution >= 0.6 is 8.58 Å². The number of aliphatic hydroxyl groups excluding tert-OH is 1. The van der Waals surface area contributed by atoms with Crippen LogP contribution in [0.1, 0.15) is 97.3 Å². The number of unbranched alkanes of at least 4 members (excludes halogenated alkanes) is 12. The molecule has 0 amide bonds. The van der Waals surface area contributed by atoms with Gasteiger partial charge in [-0.1, -0.05) is 84.0 Å². The van der Waals surface area contributed by atoms with E-state index >= 15 is 0 Å². The Balaban J connectivity index is 2.92. The number of hydrogen-bond donors (Lipinski definition) is 1. The van der Waals surface area contributed by atoms with Crippen LogP contribution in [0.25, 0.3) is 0 Å². The molecule has 122 valence electrons. The molecular weight excluding hydrogens is 263 g/mol. The minimum absolute atomic E-state index is 0.0877. The van der Waals surface area contributed by atoms with Crippen LogP contribution in [0, 0.1) is 0 Å². The van der Waals surface area contributed by atoms with E-state index < -0.39 is 0 Å². The Morgan fingerprint density at radius 2 is 1.10 bits per heavy atom. The van der Waals surface area contributed by atoms with Gasteiger partial charge in [0.1, 0.15) is 0 Å². The second-order valence-corrected chi connectivity index (χ2v) is 7.70. The van der Waals surface area contributed by atoms with Crippen molar-refractivity contribution in [1.29, 1.82) is 0 Å². The van der Waals surface area contributed by atoms with Crippen molar-refractivity contribution < 1.29 is 5.11 Å². The van der Waals surface area contributed by atoms with E-state index in [1.54, 1.807) is 0 Å². The Labute approximate surface area is 130 Å². The highest BCUT2D eigenvalue weighted by molar-refractivity contribution is 7.38. The van der Waals surface area contributed by atoms with Crippen LogP contribution in [0.4, 0.5) is 0 Å². The van der Waals surface area contributed by atoms with Gasteiger partial charge in [0.05, 0.1) is 6.10 Å². The molecule has 1 nitrogen and oxygen atoms in total. The average molecular weight is 302 g/mol. The fourth-order valence-electron chi connectivity index (χ4n) is 2.58. The third kappa shape index (κ3) is 18.4. The maximum atomic E-state index is 9.16. The molecule has 0 rings (SSSR count). The number of hydrogen-bond acceptors (Lipinski definition) is 1. The zero-order valence-electron chi connectivity index (χ0n) is 14.1. The first-order chi connectivity index (χ1) is 9.77. The number of aliphatic hydroxyl groups is 1. The topological polar surface area (TPSA) is 20.2 Å². The Kier molecular flexibility index (Phi) is 17.8. The molecule has 0 aliphatic rings. The van der Waals surface area contributed by atoms with E-state index in [9.17, 15) is 0 Å². The van der Waals surface area contributed by atoms with Crippen LogP contribution in [0.15, 0.2) is 0 Å². The first kappa shape index (κ1) is 20.4. The molecule has 0 fully saturated rings. The smallest absolute Gasteiger partial charge is 0.0548 e. The van der Waals surface area contributed by atoms with Crippen LogP contribution in [0.3, 0.4) is 0 Å². The highest BCUT2D eigenvalue weighted by Crippen LogP contribution is 2.16. The lowest BCUT2D eigenvalue weighted by atomic mass is 10.1. The highest BCUT2D eigenvalue weighted by Gasteiger charge is 1.96. The van der Waals surface area contributed by atoms with Gasteiger partial charge in [-0.05, 0) is 25.7 Å². The van der Waals surface area contributed by atoms with E-state index in [0.717, 1.165) is 14.7 Å². The summed E-state index contributed by atoms with van der Waals surface area (Å²) in [6.07, 6.45) is 20.9. The van der Waals surface area contributed by atoms with Crippen molar-refractivity contribution in [3.63, 3.8) is 0 Å². The molecule has 0 aromatic heterocycles. The van der Waals surface area contributed by atoms with Gasteiger partial charge in [-0.2, -0.15) is 0 Å². The molecule has 0 spiro atoms. The molecule has 0 aromatic carbocycles. The second-order valence-electron chi connectivity index (χ2n) is 6.30. The van der Waals surface area contributed by atoms with Gasteiger partial charge in [0.2, 0.25) is 0 Å². The van der Waals surface area contributed by atoms with Crippen molar-refractivity contribution in [2.75, 3.05) is 12.3 Å². The van der Waals surface area contributed by atoms with E-state index in [2.05, 4.69) is 6.92 Å². The molecule has 2 heteroatoms. The monoisotopic (exact) mass is 302 g/mol. The molecule has 0 aromatic rings. The molecule has 2 unspecified atom stereocenters. The van der Waals surface area contributed by atoms with Crippen LogP contribution in [-0.2, 0) is 0 Å². The molecule has 0 saturated heterocycles. The van der Waals surface area contributed by atoms with Gasteiger partial charge in [-0.15, -0.1) is 8.58 Å². The SMILES string of the molecule is CCCCCCCCCCCCCCCPCC(C)O. The van der Waals surface area contributed by atoms with Crippen molar-refractivity contribution in [2.24, 2.45) is 0 Å². The maximum absolute atomic E-state index is 9.16. The Hall–Kier alpha value is 0.390. The molecule has 0 heterocycles. The van der Waals surface area contributed by atoms with Crippen molar-refractivity contribution in [1.82, 2.24) is 0 Å². The molecule has 0 aliphatic heterocycles. The summed E-state index contributed by atoms with van der Waals surface area (Å²) in [4.78, 5) is 0. The first-order valence-corrected chi connectivity index (χ1v) is 10.6. The van der Waals surface area contributed by atoms with Gasteiger partial charge in [-0.25, -0.2) is 0 Å². The van der Waals surface area contributed by atoms with Gasteiger partial charge in [0.15, 0.2) is 0 Å². The summed E-state index contributed by atoms with van der Waals surface area (Å²) >= 11 is 0. The fourth-order valence-corrected chi connectivity index (χ4v) is 3.70. The third-order valence-electron chi connectivity index (χ3n) is 3.90. The molecular formula is C18H39OP. The summed E-state index contributed by atoms with van der Waals surface area (Å²) in [7, 11) is 0.974. The van der Waals surface area contributed by atoms with Gasteiger partial charge in [0.25, 0.3) is 0 Å². The Bertz CT molecular complexity index is 171. The van der Waals surface area contributed by atoms with Crippen molar-refractivity contribution >= 4 is 8.58 Å². The van der Waals surface area contributed by atoms with Crippen molar-refractivity contribution in [2.45, 2.75) is 103 Å². The standard InChI is InChI=1S/C18H39OP/c1-3-4-5-6-7-8-9-10-11-12-13-14-15-16-20-17-18(2)19/h18-20H,3-17H2,1-2H3. The van der Waals surface area contributed by atoms with Crippen LogP contribution < -0.4 is 0 Å². The predicted octanol–water partition coefficient (Wildman–Crippen LogP) is 6.14. The van der Waals surface area contributed by atoms with Crippen molar-refractivity contribution in [3.05, 3.63) is 0 Å². The normalized spacial score (nSPS) is 13.3. The third-order valence-corrected chi connectivity index (χ3v) is 5.48. The lowest BCUT2D eigenvalue weighted by molar-refractivity contribution is 0.220. The summed E-state index contributed by atoms with van der Waals surface area (Å²) in [6.45, 7) is 4.18. The van der Waals surface area contributed by atoms with E-state index in [1.807, 2.05) is 6.92 Å². The Morgan fingerprint density at radius 1 is 0.700 bits per heavy atom. The molecule has 0 radical (unpaired) electrons. The lowest BCUT2D eigenvalue weighted by Gasteiger charge is -2.04. The summed E-state index contributed by atoms with van der Waals surface area (Å²) in [5.41, 5.74) is 0. The molecule has 0 bridgehead atoms. The van der Waals surface area contributed by atoms with Gasteiger partial charge >= 0.3 is 0 Å². The predicted molar refractivity (Wildman–Crippen MR) is 95.4 cm³/mol. The lowest BCUT2D eigenvalue weighted by Crippen LogP contribution is -2.01. The van der Waals surface area contributed by atoms with Gasteiger partial charge in [0, 0.05) is 0 Å². The van der Waals surface area contributed by atoms with Crippen LogP contribution in [0.5, 0.6) is 0 Å². The second kappa shape index (κ2) is 17.4. The first-order valence-electron chi connectivity index (χ1n) is 9.16. The van der Waals surface area contributed by atoms with Gasteiger partial charge in [-0.3, -0.25) is 0 Å². The largest absolute Gasteiger partial charge is 0.393 e. The van der Waals surface area contributed by atoms with Gasteiger partial charge < -0.3 is 5.11 Å². The van der Waals surface area contributed by atoms with Crippen LogP contribution in [-0.4, -0.2) is 23.5 Å². The summed E-state index contributed by atoms with van der Waals surface area (Å²) in [6, 6.07) is 0. The minimum atomic E-state index is -0.0877. The maximum Gasteiger partial charge on any atom is 0.0548 e. The summed E-state index contributed by atoms with van der Waals surface area (Å²) < 4.78 is 0. The minimum Gasteiger partial charge on any atom is -0.393 e. The summed E-state index contributed by atoms with van der Waals surface area (Å²) in [5, 5.41) is 9.16. The highest BCUT2D eigenvalue weighted by atomic mass is 31.1. The fraction of sp³-hybridized carbons (Fsp3) is 1.00. The molecule has 2 atom stereocenters. The molecule has 0 aliphatic carbocycles. The zero-order valence-corrected chi connectivity index (χ0v) is 15.1. The van der Waals surface area contributed by atoms with E-state index in [0.29, 0.717) is 0 Å². The number of rotatable bonds is 16. The quantitative estimate of drug-likeness (QED) is 0.268. The van der Waals surface area contributed by atoms with E-state index in [4.69, 9.17) is 5.11 Å². The van der Waals surface area contributed by atoms with E-state index in [-0.39, 0.29) is 6.10 Å². The van der Waals surface area contributed by atoms with Crippen molar-refractivity contribution in [3.8, 4) is 0 Å². The van der Waals surface area contributed by atoms with Crippen LogP contribution in [0.2, 0.25) is 0 Å². The Morgan fingerprint density at radius 3 is 1.50 bits per heavy atom. The average Bonchev–Trinajstić information content (AvgIpc) is 2.43. The molecule has 20 heavy (non-hydrogen) atoms. The summed E-state index contributed by atoms with van der Waals surface area (Å²) in [5.74, 6) is 0. The van der Waals surface area contributed by atoms with E-state index in [1.165, 1.54) is 89.6 Å². The zero-order chi connectivity index (χ0) is 14.9.